The minimum absolute atomic E-state index is 0.163. The van der Waals surface area contributed by atoms with E-state index in [0.29, 0.717) is 32.6 Å². The van der Waals surface area contributed by atoms with Crippen molar-refractivity contribution in [3.63, 3.8) is 0 Å². The highest BCUT2D eigenvalue weighted by molar-refractivity contribution is 14.1. The molecule has 0 saturated heterocycles. The van der Waals surface area contributed by atoms with E-state index in [1.165, 1.54) is 21.5 Å². The summed E-state index contributed by atoms with van der Waals surface area (Å²) in [5.74, 6) is 0.462. The van der Waals surface area contributed by atoms with Crippen molar-refractivity contribution < 1.29 is 9.53 Å². The summed E-state index contributed by atoms with van der Waals surface area (Å²) in [5.41, 5.74) is 6.00. The Balaban J connectivity index is 1.53. The Morgan fingerprint density at radius 1 is 1.22 bits per heavy atom. The zero-order valence-electron chi connectivity index (χ0n) is 17.2. The van der Waals surface area contributed by atoms with Gasteiger partial charge in [0.25, 0.3) is 5.91 Å². The summed E-state index contributed by atoms with van der Waals surface area (Å²) in [6.45, 7) is 4.19. The molecule has 0 atom stereocenters. The van der Waals surface area contributed by atoms with Crippen LogP contribution in [0.15, 0.2) is 57.2 Å². The molecule has 0 fully saturated rings. The van der Waals surface area contributed by atoms with Crippen LogP contribution in [0.25, 0.3) is 0 Å². The summed E-state index contributed by atoms with van der Waals surface area (Å²) in [7, 11) is 0. The van der Waals surface area contributed by atoms with Crippen molar-refractivity contribution >= 4 is 74.0 Å². The van der Waals surface area contributed by atoms with Crippen LogP contribution in [0.1, 0.15) is 22.5 Å². The monoisotopic (exact) mass is 644 g/mol. The van der Waals surface area contributed by atoms with Crippen molar-refractivity contribution in [2.45, 2.75) is 25.6 Å². The van der Waals surface area contributed by atoms with Crippen LogP contribution in [0.5, 0.6) is 5.75 Å². The molecule has 0 saturated carbocycles. The maximum atomic E-state index is 12.0. The van der Waals surface area contributed by atoms with E-state index in [1.807, 2.05) is 50.2 Å². The minimum Gasteiger partial charge on any atom is -0.486 e. The van der Waals surface area contributed by atoms with Gasteiger partial charge in [-0.25, -0.2) is 15.4 Å². The topological polar surface area (TPSA) is 76.5 Å². The maximum absolute atomic E-state index is 12.0. The third kappa shape index (κ3) is 7.72. The normalized spacial score (nSPS) is 11.0. The van der Waals surface area contributed by atoms with Gasteiger partial charge in [-0.3, -0.25) is 4.79 Å². The largest absolute Gasteiger partial charge is 0.486 e. The molecule has 3 rings (SSSR count). The van der Waals surface area contributed by atoms with Crippen molar-refractivity contribution in [1.29, 1.82) is 0 Å². The van der Waals surface area contributed by atoms with E-state index in [9.17, 15) is 4.79 Å². The molecule has 0 bridgehead atoms. The molecule has 0 aliphatic heterocycles. The molecular weight excluding hydrogens is 627 g/mol. The highest BCUT2D eigenvalue weighted by Gasteiger charge is 2.10. The first-order valence-corrected chi connectivity index (χ1v) is 12.7. The molecule has 2 aromatic carbocycles. The number of amides is 1. The van der Waals surface area contributed by atoms with Crippen LogP contribution < -0.4 is 10.2 Å². The molecule has 10 heteroatoms. The second kappa shape index (κ2) is 12.0. The summed E-state index contributed by atoms with van der Waals surface area (Å²) < 4.78 is 7.74. The van der Waals surface area contributed by atoms with Crippen LogP contribution in [0.4, 0.5) is 0 Å². The Morgan fingerprint density at radius 3 is 2.56 bits per heavy atom. The molecule has 0 aliphatic carbocycles. The number of carbonyl (C=O) groups excluding carboxylic acids is 1. The number of hydrazone groups is 1. The predicted octanol–water partition coefficient (Wildman–Crippen LogP) is 5.94. The number of carbonyl (C=O) groups is 1. The Bertz CT molecular complexity index is 1100. The molecule has 0 unspecified atom stereocenters. The number of benzene rings is 2. The van der Waals surface area contributed by atoms with Crippen LogP contribution in [0.3, 0.4) is 0 Å². The van der Waals surface area contributed by atoms with Gasteiger partial charge in [-0.15, -0.1) is 0 Å². The van der Waals surface area contributed by atoms with E-state index in [4.69, 9.17) is 16.3 Å². The Labute approximate surface area is 217 Å². The number of aromatic nitrogens is 2. The van der Waals surface area contributed by atoms with E-state index < -0.39 is 0 Å². The number of hydrogen-bond donors (Lipinski definition) is 1. The van der Waals surface area contributed by atoms with Gasteiger partial charge in [0.15, 0.2) is 10.9 Å². The van der Waals surface area contributed by atoms with Crippen molar-refractivity contribution in [3.8, 4) is 5.75 Å². The fourth-order valence-electron chi connectivity index (χ4n) is 2.63. The molecule has 166 valence electrons. The van der Waals surface area contributed by atoms with Gasteiger partial charge in [0.1, 0.15) is 6.61 Å². The number of ether oxygens (including phenoxy) is 1. The van der Waals surface area contributed by atoms with Gasteiger partial charge < -0.3 is 4.74 Å². The number of nitrogens with one attached hydrogen (secondary N) is 1. The molecule has 1 amide bonds. The summed E-state index contributed by atoms with van der Waals surface area (Å²) in [6.07, 6.45) is 1.52. The number of thioether (sulfide) groups is 1. The third-order valence-corrected chi connectivity index (χ3v) is 6.45. The summed E-state index contributed by atoms with van der Waals surface area (Å²) in [4.78, 5) is 20.7. The van der Waals surface area contributed by atoms with Crippen LogP contribution in [-0.2, 0) is 11.4 Å². The molecule has 6 nitrogen and oxygen atoms in total. The van der Waals surface area contributed by atoms with Crippen LogP contribution in [0, 0.1) is 17.4 Å². The number of hydrogen-bond acceptors (Lipinski definition) is 6. The van der Waals surface area contributed by atoms with E-state index in [1.54, 1.807) is 6.07 Å². The van der Waals surface area contributed by atoms with Gasteiger partial charge in [0, 0.05) is 15.0 Å². The van der Waals surface area contributed by atoms with Gasteiger partial charge in [0.05, 0.1) is 21.5 Å². The fourth-order valence-corrected chi connectivity index (χ4v) is 4.72. The van der Waals surface area contributed by atoms with Gasteiger partial charge in [0.2, 0.25) is 0 Å². The molecule has 0 aliphatic rings. The second-order valence-electron chi connectivity index (χ2n) is 6.74. The van der Waals surface area contributed by atoms with E-state index >= 15 is 0 Å². The summed E-state index contributed by atoms with van der Waals surface area (Å²) in [5, 5.41) is 5.02. The van der Waals surface area contributed by atoms with Gasteiger partial charge in [-0.05, 0) is 93.8 Å². The molecule has 3 aromatic rings. The van der Waals surface area contributed by atoms with Crippen LogP contribution >= 0.6 is 61.9 Å². The zero-order valence-corrected chi connectivity index (χ0v) is 22.5. The molecule has 32 heavy (non-hydrogen) atoms. The molecule has 1 aromatic heterocycles. The van der Waals surface area contributed by atoms with Crippen molar-refractivity contribution in [1.82, 2.24) is 15.4 Å². The molecule has 1 N–H and O–H groups in total. The lowest BCUT2D eigenvalue weighted by atomic mass is 10.2. The Morgan fingerprint density at radius 2 is 1.91 bits per heavy atom. The first kappa shape index (κ1) is 24.9. The lowest BCUT2D eigenvalue weighted by molar-refractivity contribution is -0.118. The van der Waals surface area contributed by atoms with E-state index in [2.05, 4.69) is 59.0 Å². The molecule has 0 radical (unpaired) electrons. The number of aryl methyl sites for hydroxylation is 2. The molecule has 0 spiro atoms. The SMILES string of the molecule is Cc1cc(C)nc(SCC(=O)N/N=C\c2cc(Cl)c(OCc3ccc(I)cc3)c(Br)c2)n1. The quantitative estimate of drug-likeness (QED) is 0.108. The average molecular weight is 646 g/mol. The summed E-state index contributed by atoms with van der Waals surface area (Å²) in [6, 6.07) is 13.5. The predicted molar refractivity (Wildman–Crippen MR) is 141 cm³/mol. The Hall–Kier alpha value is -1.69. The standard InChI is InChI=1S/C22H19BrClIN4O2S/c1-13-7-14(2)28-22(27-13)32-12-20(30)29-26-10-16-8-18(23)21(19(24)9-16)31-11-15-3-5-17(25)6-4-15/h3-10H,11-12H2,1-2H3,(H,29,30)/b26-10-. The van der Waals surface area contributed by atoms with Crippen LogP contribution in [-0.4, -0.2) is 27.8 Å². The maximum Gasteiger partial charge on any atom is 0.250 e. The summed E-state index contributed by atoms with van der Waals surface area (Å²) >= 11 is 13.4. The van der Waals surface area contributed by atoms with Crippen molar-refractivity contribution in [3.05, 3.63) is 78.0 Å². The van der Waals surface area contributed by atoms with Gasteiger partial charge in [-0.1, -0.05) is 35.5 Å². The third-order valence-electron chi connectivity index (χ3n) is 4.01. The van der Waals surface area contributed by atoms with E-state index in [0.717, 1.165) is 17.0 Å². The van der Waals surface area contributed by atoms with Gasteiger partial charge in [-0.2, -0.15) is 5.10 Å². The smallest absolute Gasteiger partial charge is 0.250 e. The second-order valence-corrected chi connectivity index (χ2v) is 10.2. The molecule has 1 heterocycles. The van der Waals surface area contributed by atoms with Crippen molar-refractivity contribution in [2.75, 3.05) is 5.75 Å². The first-order valence-electron chi connectivity index (χ1n) is 9.43. The minimum atomic E-state index is -0.253. The highest BCUT2D eigenvalue weighted by atomic mass is 127. The number of halogens is 3. The fraction of sp³-hybridized carbons (Fsp3) is 0.182. The Kier molecular flexibility index (Phi) is 9.33. The lowest BCUT2D eigenvalue weighted by Crippen LogP contribution is -2.19. The van der Waals surface area contributed by atoms with Gasteiger partial charge >= 0.3 is 0 Å². The van der Waals surface area contributed by atoms with Crippen molar-refractivity contribution in [2.24, 2.45) is 5.10 Å². The number of nitrogens with zero attached hydrogens (tertiary/aromatic N) is 3. The highest BCUT2D eigenvalue weighted by Crippen LogP contribution is 2.34. The van der Waals surface area contributed by atoms with E-state index in [-0.39, 0.29) is 11.7 Å². The first-order chi connectivity index (χ1) is 15.3. The number of rotatable bonds is 8. The van der Waals surface area contributed by atoms with Crippen LogP contribution in [0.2, 0.25) is 5.02 Å². The zero-order chi connectivity index (χ0) is 23.1. The lowest BCUT2D eigenvalue weighted by Gasteiger charge is -2.11. The molecular formula is C22H19BrClIN4O2S. The average Bonchev–Trinajstić information content (AvgIpc) is 2.72.